The van der Waals surface area contributed by atoms with Crippen molar-refractivity contribution in [3.05, 3.63) is 63.9 Å². The average Bonchev–Trinajstić information content (AvgIpc) is 2.37. The van der Waals surface area contributed by atoms with Crippen LogP contribution in [0.25, 0.3) is 0 Å². The third-order valence-electron chi connectivity index (χ3n) is 2.65. The number of carbonyl (C=O) groups is 1. The number of methoxy groups -OCH3 is 1. The van der Waals surface area contributed by atoms with E-state index in [1.54, 1.807) is 0 Å². The van der Waals surface area contributed by atoms with Crippen LogP contribution >= 0.6 is 11.6 Å². The molecule has 0 radical (unpaired) electrons. The molecule has 0 aliphatic rings. The molecule has 104 valence electrons. The highest BCUT2D eigenvalue weighted by molar-refractivity contribution is 6.30. The fourth-order valence-electron chi connectivity index (χ4n) is 1.69. The molecule has 0 aliphatic heterocycles. The summed E-state index contributed by atoms with van der Waals surface area (Å²) in [7, 11) is 1.23. The molecular formula is C14H8ClF3O2. The second kappa shape index (κ2) is 5.54. The highest BCUT2D eigenvalue weighted by atomic mass is 35.5. The Hall–Kier alpha value is -2.01. The highest BCUT2D eigenvalue weighted by Crippen LogP contribution is 2.25. The highest BCUT2D eigenvalue weighted by Gasteiger charge is 2.23. The standard InChI is InChI=1S/C14H8ClF3O2/c1-20-8-5-11(17)13(12(18)6-8)14(19)9-3-2-7(15)4-10(9)16/h2-6H,1H3. The zero-order chi connectivity index (χ0) is 14.9. The van der Waals surface area contributed by atoms with Crippen molar-refractivity contribution in [2.45, 2.75) is 0 Å². The lowest BCUT2D eigenvalue weighted by atomic mass is 10.0. The fraction of sp³-hybridized carbons (Fsp3) is 0.0714. The molecule has 0 spiro atoms. The van der Waals surface area contributed by atoms with Crippen LogP contribution in [-0.4, -0.2) is 12.9 Å². The molecule has 2 rings (SSSR count). The first-order valence-electron chi connectivity index (χ1n) is 5.47. The lowest BCUT2D eigenvalue weighted by Gasteiger charge is -2.08. The maximum atomic E-state index is 13.8. The van der Waals surface area contributed by atoms with Crippen molar-refractivity contribution in [3.8, 4) is 5.75 Å². The van der Waals surface area contributed by atoms with Crippen LogP contribution in [0.3, 0.4) is 0 Å². The van der Waals surface area contributed by atoms with E-state index in [9.17, 15) is 18.0 Å². The van der Waals surface area contributed by atoms with Gasteiger partial charge in [-0.15, -0.1) is 0 Å². The largest absolute Gasteiger partial charge is 0.497 e. The van der Waals surface area contributed by atoms with Crippen LogP contribution in [0.1, 0.15) is 15.9 Å². The smallest absolute Gasteiger partial charge is 0.201 e. The number of ether oxygens (including phenoxy) is 1. The van der Waals surface area contributed by atoms with Crippen molar-refractivity contribution in [2.75, 3.05) is 7.11 Å². The molecule has 0 aromatic heterocycles. The molecule has 0 N–H and O–H groups in total. The molecule has 20 heavy (non-hydrogen) atoms. The third kappa shape index (κ3) is 2.63. The molecule has 0 saturated carbocycles. The average molecular weight is 301 g/mol. The number of benzene rings is 2. The Morgan fingerprint density at radius 3 is 2.15 bits per heavy atom. The number of rotatable bonds is 3. The number of carbonyl (C=O) groups excluding carboxylic acids is 1. The Balaban J connectivity index is 2.54. The Morgan fingerprint density at radius 2 is 1.65 bits per heavy atom. The van der Waals surface area contributed by atoms with Crippen LogP contribution in [0.15, 0.2) is 30.3 Å². The summed E-state index contributed by atoms with van der Waals surface area (Å²) in [6, 6.07) is 4.93. The van der Waals surface area contributed by atoms with Gasteiger partial charge in [0.25, 0.3) is 0 Å². The topological polar surface area (TPSA) is 26.3 Å². The Labute approximate surface area is 117 Å². The number of ketones is 1. The van der Waals surface area contributed by atoms with Crippen LogP contribution in [0.4, 0.5) is 13.2 Å². The molecule has 2 aromatic rings. The molecule has 0 unspecified atom stereocenters. The molecule has 0 atom stereocenters. The van der Waals surface area contributed by atoms with Gasteiger partial charge >= 0.3 is 0 Å². The molecular weight excluding hydrogens is 293 g/mol. The maximum Gasteiger partial charge on any atom is 0.201 e. The third-order valence-corrected chi connectivity index (χ3v) is 2.89. The van der Waals surface area contributed by atoms with Crippen molar-refractivity contribution >= 4 is 17.4 Å². The first-order valence-corrected chi connectivity index (χ1v) is 5.84. The van der Waals surface area contributed by atoms with Gasteiger partial charge in [0, 0.05) is 17.2 Å². The zero-order valence-electron chi connectivity index (χ0n) is 10.2. The summed E-state index contributed by atoms with van der Waals surface area (Å²) in [5, 5.41) is 0.0784. The summed E-state index contributed by atoms with van der Waals surface area (Å²) < 4.78 is 45.8. The predicted octanol–water partition coefficient (Wildman–Crippen LogP) is 4.00. The quantitative estimate of drug-likeness (QED) is 0.801. The SMILES string of the molecule is COc1cc(F)c(C(=O)c2ccc(Cl)cc2F)c(F)c1. The van der Waals surface area contributed by atoms with Crippen molar-refractivity contribution in [1.29, 1.82) is 0 Å². The van der Waals surface area contributed by atoms with E-state index in [1.807, 2.05) is 0 Å². The molecule has 0 saturated heterocycles. The minimum atomic E-state index is -1.12. The van der Waals surface area contributed by atoms with Crippen LogP contribution < -0.4 is 4.74 Å². The lowest BCUT2D eigenvalue weighted by molar-refractivity contribution is 0.102. The second-order valence-electron chi connectivity index (χ2n) is 3.92. The van der Waals surface area contributed by atoms with Gasteiger partial charge in [0.05, 0.1) is 18.2 Å². The van der Waals surface area contributed by atoms with Gasteiger partial charge in [0.1, 0.15) is 23.2 Å². The minimum Gasteiger partial charge on any atom is -0.497 e. The molecule has 0 aliphatic carbocycles. The lowest BCUT2D eigenvalue weighted by Crippen LogP contribution is -2.10. The molecule has 2 nitrogen and oxygen atoms in total. The normalized spacial score (nSPS) is 10.4. The van der Waals surface area contributed by atoms with Crippen molar-refractivity contribution < 1.29 is 22.7 Å². The number of hydrogen-bond donors (Lipinski definition) is 0. The minimum absolute atomic E-state index is 0.0758. The van der Waals surface area contributed by atoms with Gasteiger partial charge in [-0.3, -0.25) is 4.79 Å². The molecule has 0 amide bonds. The van der Waals surface area contributed by atoms with E-state index >= 15 is 0 Å². The predicted molar refractivity (Wildman–Crippen MR) is 67.8 cm³/mol. The molecule has 0 fully saturated rings. The summed E-state index contributed by atoms with van der Waals surface area (Å²) in [5.41, 5.74) is -1.30. The van der Waals surface area contributed by atoms with E-state index < -0.39 is 34.4 Å². The molecule has 0 bridgehead atoms. The second-order valence-corrected chi connectivity index (χ2v) is 4.36. The Bertz CT molecular complexity index is 663. The van der Waals surface area contributed by atoms with Gasteiger partial charge in [-0.05, 0) is 18.2 Å². The maximum absolute atomic E-state index is 13.8. The summed E-state index contributed by atoms with van der Waals surface area (Å²) in [4.78, 5) is 12.0. The van der Waals surface area contributed by atoms with E-state index in [-0.39, 0.29) is 10.8 Å². The van der Waals surface area contributed by atoms with Crippen molar-refractivity contribution in [1.82, 2.24) is 0 Å². The monoisotopic (exact) mass is 300 g/mol. The summed E-state index contributed by atoms with van der Waals surface area (Å²) in [6.07, 6.45) is 0. The van der Waals surface area contributed by atoms with E-state index in [0.717, 1.165) is 24.3 Å². The van der Waals surface area contributed by atoms with Crippen molar-refractivity contribution in [3.63, 3.8) is 0 Å². The van der Waals surface area contributed by atoms with Gasteiger partial charge < -0.3 is 4.74 Å². The van der Waals surface area contributed by atoms with Gasteiger partial charge in [-0.25, -0.2) is 13.2 Å². The molecule has 0 heterocycles. The van der Waals surface area contributed by atoms with Crippen LogP contribution in [0.5, 0.6) is 5.75 Å². The van der Waals surface area contributed by atoms with E-state index in [4.69, 9.17) is 11.6 Å². The van der Waals surface area contributed by atoms with E-state index in [0.29, 0.717) is 0 Å². The van der Waals surface area contributed by atoms with Crippen LogP contribution in [0, 0.1) is 17.5 Å². The van der Waals surface area contributed by atoms with Gasteiger partial charge in [-0.1, -0.05) is 11.6 Å². The zero-order valence-corrected chi connectivity index (χ0v) is 11.0. The summed E-state index contributed by atoms with van der Waals surface area (Å²) >= 11 is 5.55. The van der Waals surface area contributed by atoms with Crippen LogP contribution in [0.2, 0.25) is 5.02 Å². The van der Waals surface area contributed by atoms with Gasteiger partial charge in [0.15, 0.2) is 0 Å². The summed E-state index contributed by atoms with van der Waals surface area (Å²) in [6.45, 7) is 0. The number of halogens is 4. The van der Waals surface area contributed by atoms with Crippen molar-refractivity contribution in [2.24, 2.45) is 0 Å². The molecule has 2 aromatic carbocycles. The van der Waals surface area contributed by atoms with Gasteiger partial charge in [0.2, 0.25) is 5.78 Å². The Kier molecular flexibility index (Phi) is 3.99. The van der Waals surface area contributed by atoms with Crippen LogP contribution in [-0.2, 0) is 0 Å². The molecule has 6 heteroatoms. The van der Waals surface area contributed by atoms with Gasteiger partial charge in [-0.2, -0.15) is 0 Å². The van der Waals surface area contributed by atoms with E-state index in [1.165, 1.54) is 13.2 Å². The first kappa shape index (κ1) is 14.4. The number of hydrogen-bond acceptors (Lipinski definition) is 2. The van der Waals surface area contributed by atoms with E-state index in [2.05, 4.69) is 4.74 Å². The first-order chi connectivity index (χ1) is 9.43. The fourth-order valence-corrected chi connectivity index (χ4v) is 1.85. The Morgan fingerprint density at radius 1 is 1.05 bits per heavy atom. The summed E-state index contributed by atoms with van der Waals surface area (Å²) in [5.74, 6) is -4.37.